The number of halogens is 1. The van der Waals surface area contributed by atoms with Crippen molar-refractivity contribution in [3.05, 3.63) is 40.5 Å². The normalized spacial score (nSPS) is 10.6. The van der Waals surface area contributed by atoms with E-state index >= 15 is 0 Å². The number of nitrogens with one attached hydrogen (secondary N) is 1. The van der Waals surface area contributed by atoms with Crippen molar-refractivity contribution in [3.8, 4) is 11.3 Å². The van der Waals surface area contributed by atoms with Gasteiger partial charge in [0.1, 0.15) is 0 Å². The van der Waals surface area contributed by atoms with E-state index in [0.29, 0.717) is 6.54 Å². The van der Waals surface area contributed by atoms with Gasteiger partial charge in [-0.2, -0.15) is 5.10 Å². The molecular weight excluding hydrogens is 266 g/mol. The molecule has 3 N–H and O–H groups in total. The topological polar surface area (TPSA) is 54.7 Å². The fourth-order valence-electron chi connectivity index (χ4n) is 1.69. The van der Waals surface area contributed by atoms with E-state index in [1.165, 1.54) is 5.56 Å². The molecule has 1 aromatic carbocycles. The number of rotatable bonds is 4. The fourth-order valence-corrected chi connectivity index (χ4v) is 2.17. The van der Waals surface area contributed by atoms with Crippen molar-refractivity contribution in [2.75, 3.05) is 6.54 Å². The van der Waals surface area contributed by atoms with Crippen LogP contribution in [0.3, 0.4) is 0 Å². The Labute approximate surface area is 103 Å². The molecule has 84 valence electrons. The van der Waals surface area contributed by atoms with Crippen LogP contribution in [0.25, 0.3) is 11.3 Å². The molecule has 1 aromatic heterocycles. The summed E-state index contributed by atoms with van der Waals surface area (Å²) in [5.41, 5.74) is 8.97. The molecule has 0 saturated carbocycles. The highest BCUT2D eigenvalue weighted by Crippen LogP contribution is 2.29. The SMILES string of the molecule is NCCCc1cn[nH]c1-c1ccccc1Br. The summed E-state index contributed by atoms with van der Waals surface area (Å²) < 4.78 is 1.08. The molecule has 2 aromatic rings. The van der Waals surface area contributed by atoms with Crippen LogP contribution in [0.1, 0.15) is 12.0 Å². The van der Waals surface area contributed by atoms with Crippen molar-refractivity contribution in [1.29, 1.82) is 0 Å². The molecule has 0 fully saturated rings. The van der Waals surface area contributed by atoms with Crippen molar-refractivity contribution in [3.63, 3.8) is 0 Å². The molecule has 0 amide bonds. The van der Waals surface area contributed by atoms with Gasteiger partial charge in [0.05, 0.1) is 11.9 Å². The van der Waals surface area contributed by atoms with Crippen molar-refractivity contribution in [2.45, 2.75) is 12.8 Å². The van der Waals surface area contributed by atoms with Gasteiger partial charge in [0.25, 0.3) is 0 Å². The maximum absolute atomic E-state index is 5.52. The maximum Gasteiger partial charge on any atom is 0.0693 e. The van der Waals surface area contributed by atoms with Crippen LogP contribution in [0.4, 0.5) is 0 Å². The molecule has 0 saturated heterocycles. The fraction of sp³-hybridized carbons (Fsp3) is 0.250. The molecule has 1 heterocycles. The molecule has 0 bridgehead atoms. The summed E-state index contributed by atoms with van der Waals surface area (Å²) in [5.74, 6) is 0. The number of aryl methyl sites for hydroxylation is 1. The second kappa shape index (κ2) is 5.27. The molecule has 0 atom stereocenters. The van der Waals surface area contributed by atoms with Gasteiger partial charge in [0, 0.05) is 10.0 Å². The summed E-state index contributed by atoms with van der Waals surface area (Å²) in [7, 11) is 0. The summed E-state index contributed by atoms with van der Waals surface area (Å²) in [6.07, 6.45) is 3.82. The third kappa shape index (κ3) is 2.33. The number of aromatic nitrogens is 2. The van der Waals surface area contributed by atoms with E-state index in [9.17, 15) is 0 Å². The minimum Gasteiger partial charge on any atom is -0.330 e. The zero-order valence-corrected chi connectivity index (χ0v) is 10.5. The van der Waals surface area contributed by atoms with Crippen molar-refractivity contribution < 1.29 is 0 Å². The van der Waals surface area contributed by atoms with E-state index in [0.717, 1.165) is 28.6 Å². The van der Waals surface area contributed by atoms with E-state index in [4.69, 9.17) is 5.73 Å². The maximum atomic E-state index is 5.52. The molecule has 16 heavy (non-hydrogen) atoms. The molecule has 0 aliphatic rings. The third-order valence-corrected chi connectivity index (χ3v) is 3.20. The van der Waals surface area contributed by atoms with E-state index in [2.05, 4.69) is 32.2 Å². The van der Waals surface area contributed by atoms with Gasteiger partial charge < -0.3 is 5.73 Å². The van der Waals surface area contributed by atoms with Crippen LogP contribution >= 0.6 is 15.9 Å². The lowest BCUT2D eigenvalue weighted by atomic mass is 10.0. The monoisotopic (exact) mass is 279 g/mol. The molecule has 0 aliphatic heterocycles. The molecular formula is C12H14BrN3. The smallest absolute Gasteiger partial charge is 0.0693 e. The molecule has 0 radical (unpaired) electrons. The Hall–Kier alpha value is -1.13. The second-order valence-electron chi connectivity index (χ2n) is 3.64. The number of aromatic amines is 1. The van der Waals surface area contributed by atoms with Gasteiger partial charge >= 0.3 is 0 Å². The summed E-state index contributed by atoms with van der Waals surface area (Å²) in [4.78, 5) is 0. The Morgan fingerprint density at radius 2 is 2.12 bits per heavy atom. The third-order valence-electron chi connectivity index (χ3n) is 2.51. The van der Waals surface area contributed by atoms with Gasteiger partial charge in [-0.15, -0.1) is 0 Å². The Balaban J connectivity index is 2.33. The minimum absolute atomic E-state index is 0.709. The number of nitrogens with two attached hydrogens (primary N) is 1. The lowest BCUT2D eigenvalue weighted by Crippen LogP contribution is -2.00. The lowest BCUT2D eigenvalue weighted by Gasteiger charge is -2.04. The molecule has 4 heteroatoms. The Bertz CT molecular complexity index is 465. The predicted octanol–water partition coefficient (Wildman–Crippen LogP) is 2.73. The van der Waals surface area contributed by atoms with Crippen LogP contribution in [-0.2, 0) is 6.42 Å². The standard InChI is InChI=1S/C12H14BrN3/c13-11-6-2-1-5-10(11)12-9(4-3-7-14)8-15-16-12/h1-2,5-6,8H,3-4,7,14H2,(H,15,16). The number of hydrogen-bond donors (Lipinski definition) is 2. The van der Waals surface area contributed by atoms with Gasteiger partial charge in [-0.25, -0.2) is 0 Å². The van der Waals surface area contributed by atoms with Crippen LogP contribution in [-0.4, -0.2) is 16.7 Å². The first-order valence-corrected chi connectivity index (χ1v) is 6.09. The van der Waals surface area contributed by atoms with Gasteiger partial charge in [-0.05, 0) is 31.0 Å². The Morgan fingerprint density at radius 1 is 1.31 bits per heavy atom. The van der Waals surface area contributed by atoms with E-state index in [1.807, 2.05) is 24.4 Å². The van der Waals surface area contributed by atoms with Gasteiger partial charge in [0.15, 0.2) is 0 Å². The van der Waals surface area contributed by atoms with Crippen molar-refractivity contribution in [1.82, 2.24) is 10.2 Å². The average Bonchev–Trinajstić information content (AvgIpc) is 2.75. The number of benzene rings is 1. The van der Waals surface area contributed by atoms with Crippen LogP contribution in [0, 0.1) is 0 Å². The van der Waals surface area contributed by atoms with Gasteiger partial charge in [0.2, 0.25) is 0 Å². The Morgan fingerprint density at radius 3 is 2.88 bits per heavy atom. The highest BCUT2D eigenvalue weighted by atomic mass is 79.9. The van der Waals surface area contributed by atoms with Gasteiger partial charge in [-0.3, -0.25) is 5.10 Å². The minimum atomic E-state index is 0.709. The number of hydrogen-bond acceptors (Lipinski definition) is 2. The van der Waals surface area contributed by atoms with Crippen LogP contribution < -0.4 is 5.73 Å². The van der Waals surface area contributed by atoms with E-state index in [1.54, 1.807) is 0 Å². The first-order valence-electron chi connectivity index (χ1n) is 5.30. The lowest BCUT2D eigenvalue weighted by molar-refractivity contribution is 0.834. The molecule has 0 aliphatic carbocycles. The highest BCUT2D eigenvalue weighted by molar-refractivity contribution is 9.10. The molecule has 0 spiro atoms. The van der Waals surface area contributed by atoms with E-state index in [-0.39, 0.29) is 0 Å². The van der Waals surface area contributed by atoms with E-state index < -0.39 is 0 Å². The zero-order chi connectivity index (χ0) is 11.4. The van der Waals surface area contributed by atoms with Gasteiger partial charge in [-0.1, -0.05) is 34.1 Å². The van der Waals surface area contributed by atoms with Crippen LogP contribution in [0.5, 0.6) is 0 Å². The average molecular weight is 280 g/mol. The van der Waals surface area contributed by atoms with Crippen LogP contribution in [0.15, 0.2) is 34.9 Å². The largest absolute Gasteiger partial charge is 0.330 e. The number of H-pyrrole nitrogens is 1. The first-order chi connectivity index (χ1) is 7.83. The van der Waals surface area contributed by atoms with Crippen molar-refractivity contribution >= 4 is 15.9 Å². The predicted molar refractivity (Wildman–Crippen MR) is 69.1 cm³/mol. The highest BCUT2D eigenvalue weighted by Gasteiger charge is 2.09. The number of nitrogens with zero attached hydrogens (tertiary/aromatic N) is 1. The molecule has 0 unspecified atom stereocenters. The zero-order valence-electron chi connectivity index (χ0n) is 8.91. The summed E-state index contributed by atoms with van der Waals surface area (Å²) in [6.45, 7) is 0.709. The second-order valence-corrected chi connectivity index (χ2v) is 4.50. The first kappa shape index (κ1) is 11.4. The summed E-state index contributed by atoms with van der Waals surface area (Å²) in [5, 5.41) is 7.16. The summed E-state index contributed by atoms with van der Waals surface area (Å²) in [6, 6.07) is 8.13. The van der Waals surface area contributed by atoms with Crippen LogP contribution in [0.2, 0.25) is 0 Å². The quantitative estimate of drug-likeness (QED) is 0.904. The molecule has 3 nitrogen and oxygen atoms in total. The Kier molecular flexibility index (Phi) is 3.74. The summed E-state index contributed by atoms with van der Waals surface area (Å²) >= 11 is 3.55. The molecule has 2 rings (SSSR count). The van der Waals surface area contributed by atoms with Crippen molar-refractivity contribution in [2.24, 2.45) is 5.73 Å².